The molecule has 0 saturated carbocycles. The number of amides is 2. The molecule has 0 atom stereocenters. The molecule has 3 aromatic carbocycles. The van der Waals surface area contributed by atoms with Gasteiger partial charge in [0.1, 0.15) is 18.0 Å². The van der Waals surface area contributed by atoms with Crippen molar-refractivity contribution in [1.29, 1.82) is 0 Å². The number of aryl methyl sites for hydroxylation is 1. The van der Waals surface area contributed by atoms with E-state index in [1.165, 1.54) is 0 Å². The first-order valence-corrected chi connectivity index (χ1v) is 10.1. The van der Waals surface area contributed by atoms with Crippen molar-refractivity contribution in [3.05, 3.63) is 88.9 Å². The first-order valence-electron chi connectivity index (χ1n) is 9.73. The largest absolute Gasteiger partial charge is 0.457 e. The Morgan fingerprint density at radius 2 is 1.59 bits per heavy atom. The third-order valence-corrected chi connectivity index (χ3v) is 4.56. The molecule has 164 valence electrons. The number of carbonyl (C=O) groups excluding carboxylic acids is 3. The molecule has 7 nitrogen and oxygen atoms in total. The first-order chi connectivity index (χ1) is 15.4. The average molecular weight is 453 g/mol. The number of hydrogen-bond donors (Lipinski definition) is 2. The number of para-hydroxylation sites is 1. The summed E-state index contributed by atoms with van der Waals surface area (Å²) in [5, 5.41) is 5.39. The van der Waals surface area contributed by atoms with Crippen molar-refractivity contribution in [2.24, 2.45) is 0 Å². The number of esters is 1. The lowest BCUT2D eigenvalue weighted by Crippen LogP contribution is -2.32. The fraction of sp³-hybridized carbons (Fsp3) is 0.125. The molecule has 0 heterocycles. The van der Waals surface area contributed by atoms with Crippen molar-refractivity contribution >= 4 is 35.1 Å². The van der Waals surface area contributed by atoms with E-state index >= 15 is 0 Å². The van der Waals surface area contributed by atoms with Gasteiger partial charge in [0.05, 0.1) is 10.7 Å². The number of ether oxygens (including phenoxy) is 2. The Morgan fingerprint density at radius 1 is 0.906 bits per heavy atom. The molecule has 8 heteroatoms. The Balaban J connectivity index is 1.41. The first kappa shape index (κ1) is 22.8. The van der Waals surface area contributed by atoms with Crippen molar-refractivity contribution in [3.63, 3.8) is 0 Å². The van der Waals surface area contributed by atoms with Gasteiger partial charge in [-0.15, -0.1) is 0 Å². The van der Waals surface area contributed by atoms with Gasteiger partial charge in [0, 0.05) is 5.56 Å². The predicted octanol–water partition coefficient (Wildman–Crippen LogP) is 4.35. The summed E-state index contributed by atoms with van der Waals surface area (Å²) < 4.78 is 10.6. The summed E-state index contributed by atoms with van der Waals surface area (Å²) in [5.74, 6) is -0.478. The maximum atomic E-state index is 12.2. The SMILES string of the molecule is Cc1ccc(NC(=O)COC(=O)CNC(=O)c2ccc(Oc3ccccc3)cc2)c(Cl)c1. The summed E-state index contributed by atoms with van der Waals surface area (Å²) >= 11 is 6.05. The second-order valence-electron chi connectivity index (χ2n) is 6.81. The molecule has 0 aromatic heterocycles. The molecule has 32 heavy (non-hydrogen) atoms. The van der Waals surface area contributed by atoms with Gasteiger partial charge in [0.2, 0.25) is 0 Å². The molecular weight excluding hydrogens is 432 g/mol. The molecule has 0 saturated heterocycles. The molecule has 0 bridgehead atoms. The molecule has 0 unspecified atom stereocenters. The van der Waals surface area contributed by atoms with Gasteiger partial charge in [0.25, 0.3) is 11.8 Å². The molecule has 0 aliphatic heterocycles. The number of hydrogen-bond acceptors (Lipinski definition) is 5. The predicted molar refractivity (Wildman–Crippen MR) is 121 cm³/mol. The summed E-state index contributed by atoms with van der Waals surface area (Å²) in [6.07, 6.45) is 0. The molecule has 0 spiro atoms. The molecule has 3 aromatic rings. The minimum atomic E-state index is -0.743. The summed E-state index contributed by atoms with van der Waals surface area (Å²) in [4.78, 5) is 36.0. The second kappa shape index (κ2) is 11.0. The lowest BCUT2D eigenvalue weighted by Gasteiger charge is -2.09. The van der Waals surface area contributed by atoms with Gasteiger partial charge in [0.15, 0.2) is 6.61 Å². The van der Waals surface area contributed by atoms with Gasteiger partial charge < -0.3 is 20.1 Å². The molecule has 0 aliphatic rings. The van der Waals surface area contributed by atoms with Crippen LogP contribution in [-0.2, 0) is 14.3 Å². The van der Waals surface area contributed by atoms with E-state index < -0.39 is 24.4 Å². The molecule has 2 N–H and O–H groups in total. The maximum absolute atomic E-state index is 12.2. The molecule has 0 radical (unpaired) electrons. The van der Waals surface area contributed by atoms with Crippen LogP contribution in [0.1, 0.15) is 15.9 Å². The van der Waals surface area contributed by atoms with Gasteiger partial charge in [-0.1, -0.05) is 35.9 Å². The molecule has 2 amide bonds. The highest BCUT2D eigenvalue weighted by Crippen LogP contribution is 2.23. The maximum Gasteiger partial charge on any atom is 0.325 e. The molecular formula is C24H21ClN2O5. The topological polar surface area (TPSA) is 93.7 Å². The highest BCUT2D eigenvalue weighted by Gasteiger charge is 2.12. The average Bonchev–Trinajstić information content (AvgIpc) is 2.79. The van der Waals surface area contributed by atoms with Gasteiger partial charge >= 0.3 is 5.97 Å². The highest BCUT2D eigenvalue weighted by atomic mass is 35.5. The third-order valence-electron chi connectivity index (χ3n) is 4.25. The summed E-state index contributed by atoms with van der Waals surface area (Å²) in [7, 11) is 0. The number of nitrogens with one attached hydrogen (secondary N) is 2. The van der Waals surface area contributed by atoms with E-state index in [0.29, 0.717) is 27.8 Å². The van der Waals surface area contributed by atoms with Gasteiger partial charge in [-0.3, -0.25) is 14.4 Å². The highest BCUT2D eigenvalue weighted by molar-refractivity contribution is 6.33. The zero-order valence-corrected chi connectivity index (χ0v) is 18.0. The van der Waals surface area contributed by atoms with Gasteiger partial charge in [-0.25, -0.2) is 0 Å². The summed E-state index contributed by atoms with van der Waals surface area (Å²) in [6.45, 7) is 1.00. The van der Waals surface area contributed by atoms with Crippen molar-refractivity contribution < 1.29 is 23.9 Å². The van der Waals surface area contributed by atoms with Crippen LogP contribution in [-0.4, -0.2) is 30.9 Å². The van der Waals surface area contributed by atoms with Crippen LogP contribution < -0.4 is 15.4 Å². The van der Waals surface area contributed by atoms with Crippen LogP contribution in [0.25, 0.3) is 0 Å². The number of carbonyl (C=O) groups is 3. The lowest BCUT2D eigenvalue weighted by molar-refractivity contribution is -0.146. The zero-order valence-electron chi connectivity index (χ0n) is 17.3. The van der Waals surface area contributed by atoms with Gasteiger partial charge in [-0.05, 0) is 61.0 Å². The Hall–Kier alpha value is -3.84. The number of rotatable bonds is 8. The zero-order chi connectivity index (χ0) is 22.9. The monoisotopic (exact) mass is 452 g/mol. The van der Waals surface area contributed by atoms with Crippen LogP contribution in [0.2, 0.25) is 5.02 Å². The van der Waals surface area contributed by atoms with Crippen molar-refractivity contribution in [1.82, 2.24) is 5.32 Å². The minimum absolute atomic E-state index is 0.352. The van der Waals surface area contributed by atoms with E-state index in [9.17, 15) is 14.4 Å². The van der Waals surface area contributed by atoms with E-state index in [2.05, 4.69) is 10.6 Å². The van der Waals surface area contributed by atoms with E-state index in [1.54, 1.807) is 42.5 Å². The third kappa shape index (κ3) is 6.85. The Morgan fingerprint density at radius 3 is 2.28 bits per heavy atom. The van der Waals surface area contributed by atoms with Gasteiger partial charge in [-0.2, -0.15) is 0 Å². The van der Waals surface area contributed by atoms with Crippen LogP contribution >= 0.6 is 11.6 Å². The van der Waals surface area contributed by atoms with Crippen molar-refractivity contribution in [2.75, 3.05) is 18.5 Å². The Bertz CT molecular complexity index is 1100. The van der Waals surface area contributed by atoms with Crippen LogP contribution in [0.5, 0.6) is 11.5 Å². The Kier molecular flexibility index (Phi) is 7.83. The fourth-order valence-corrected chi connectivity index (χ4v) is 2.94. The fourth-order valence-electron chi connectivity index (χ4n) is 2.66. The van der Waals surface area contributed by atoms with Crippen LogP contribution in [0, 0.1) is 6.92 Å². The summed E-state index contributed by atoms with van der Waals surface area (Å²) in [5.41, 5.74) is 1.73. The van der Waals surface area contributed by atoms with Crippen LogP contribution in [0.15, 0.2) is 72.8 Å². The molecule has 0 fully saturated rings. The van der Waals surface area contributed by atoms with E-state index in [4.69, 9.17) is 21.1 Å². The second-order valence-corrected chi connectivity index (χ2v) is 7.22. The van der Waals surface area contributed by atoms with E-state index in [0.717, 1.165) is 5.56 Å². The van der Waals surface area contributed by atoms with Crippen molar-refractivity contribution in [3.8, 4) is 11.5 Å². The number of benzene rings is 3. The summed E-state index contributed by atoms with van der Waals surface area (Å²) in [6, 6.07) is 20.9. The number of anilines is 1. The minimum Gasteiger partial charge on any atom is -0.457 e. The number of halogens is 1. The van der Waals surface area contributed by atoms with E-state index in [1.807, 2.05) is 37.3 Å². The normalized spacial score (nSPS) is 10.2. The van der Waals surface area contributed by atoms with E-state index in [-0.39, 0.29) is 6.54 Å². The van der Waals surface area contributed by atoms with Crippen LogP contribution in [0.4, 0.5) is 5.69 Å². The lowest BCUT2D eigenvalue weighted by atomic mass is 10.2. The quantitative estimate of drug-likeness (QED) is 0.495. The smallest absolute Gasteiger partial charge is 0.325 e. The standard InChI is InChI=1S/C24H21ClN2O5/c1-16-7-12-21(20(25)13-16)27-22(28)15-31-23(29)14-26-24(30)17-8-10-19(11-9-17)32-18-5-3-2-4-6-18/h2-13H,14-15H2,1H3,(H,26,30)(H,27,28). The molecule has 3 rings (SSSR count). The van der Waals surface area contributed by atoms with Crippen LogP contribution in [0.3, 0.4) is 0 Å². The van der Waals surface area contributed by atoms with Crippen molar-refractivity contribution in [2.45, 2.75) is 6.92 Å². The molecule has 0 aliphatic carbocycles. The Labute approximate surface area is 190 Å².